The number of nitrogens with one attached hydrogen (secondary N) is 1. The molecule has 0 radical (unpaired) electrons. The maximum absolute atomic E-state index is 12.2. The number of carbonyl (C=O) groups is 2. The molecule has 1 aromatic heterocycles. The Morgan fingerprint density at radius 1 is 1.50 bits per heavy atom. The number of methoxy groups -OCH3 is 1. The molecule has 1 N–H and O–H groups in total. The lowest BCUT2D eigenvalue weighted by Gasteiger charge is -2.14. The molecule has 2 amide bonds. The molecule has 1 fully saturated rings. The van der Waals surface area contributed by atoms with E-state index in [1.165, 1.54) is 6.08 Å². The molecule has 2 rings (SSSR count). The monoisotopic (exact) mass is 306 g/mol. The zero-order chi connectivity index (χ0) is 16.1. The van der Waals surface area contributed by atoms with Crippen LogP contribution in [0.4, 0.5) is 0 Å². The molecular formula is C15H22N4O3. The van der Waals surface area contributed by atoms with E-state index in [4.69, 9.17) is 4.74 Å². The second-order valence-corrected chi connectivity index (χ2v) is 5.44. The van der Waals surface area contributed by atoms with Crippen LogP contribution in [0.2, 0.25) is 0 Å². The molecule has 0 spiro atoms. The third-order valence-corrected chi connectivity index (χ3v) is 3.87. The van der Waals surface area contributed by atoms with E-state index in [2.05, 4.69) is 10.4 Å². The molecule has 7 nitrogen and oxygen atoms in total. The summed E-state index contributed by atoms with van der Waals surface area (Å²) in [4.78, 5) is 25.5. The van der Waals surface area contributed by atoms with Gasteiger partial charge >= 0.3 is 0 Å². The number of hydrogen-bond acceptors (Lipinski definition) is 4. The summed E-state index contributed by atoms with van der Waals surface area (Å²) >= 11 is 0. The van der Waals surface area contributed by atoms with Gasteiger partial charge in [0.1, 0.15) is 0 Å². The molecule has 1 aliphatic rings. The minimum Gasteiger partial charge on any atom is -0.379 e. The van der Waals surface area contributed by atoms with Crippen molar-refractivity contribution in [3.63, 3.8) is 0 Å². The number of aromatic nitrogens is 2. The molecule has 0 aliphatic carbocycles. The van der Waals surface area contributed by atoms with Gasteiger partial charge in [0.2, 0.25) is 11.8 Å². The maximum Gasteiger partial charge on any atom is 0.246 e. The molecule has 1 aliphatic heterocycles. The number of carbonyl (C=O) groups excluding carboxylic acids is 2. The number of aryl methyl sites for hydroxylation is 1. The molecule has 1 aromatic rings. The Hall–Kier alpha value is -2.15. The summed E-state index contributed by atoms with van der Waals surface area (Å²) in [5.41, 5.74) is 0.875. The Morgan fingerprint density at radius 3 is 2.86 bits per heavy atom. The summed E-state index contributed by atoms with van der Waals surface area (Å²) in [6.07, 6.45) is 7.06. The first-order valence-corrected chi connectivity index (χ1v) is 7.22. The van der Waals surface area contributed by atoms with Crippen molar-refractivity contribution in [2.45, 2.75) is 12.5 Å². The average Bonchev–Trinajstić information content (AvgIpc) is 3.10. The first-order chi connectivity index (χ1) is 10.5. The van der Waals surface area contributed by atoms with Crippen LogP contribution in [0.1, 0.15) is 12.0 Å². The molecule has 7 heteroatoms. The smallest absolute Gasteiger partial charge is 0.246 e. The lowest BCUT2D eigenvalue weighted by Crippen LogP contribution is -2.28. The Kier molecular flexibility index (Phi) is 5.32. The molecule has 120 valence electrons. The van der Waals surface area contributed by atoms with E-state index >= 15 is 0 Å². The molecule has 0 saturated carbocycles. The summed E-state index contributed by atoms with van der Waals surface area (Å²) < 4.78 is 7.09. The van der Waals surface area contributed by atoms with E-state index in [0.717, 1.165) is 5.56 Å². The molecule has 22 heavy (non-hydrogen) atoms. The Bertz CT molecular complexity index is 567. The van der Waals surface area contributed by atoms with Crippen molar-refractivity contribution in [3.8, 4) is 0 Å². The van der Waals surface area contributed by atoms with E-state index in [-0.39, 0.29) is 23.8 Å². The van der Waals surface area contributed by atoms with Crippen LogP contribution in [0.3, 0.4) is 0 Å². The van der Waals surface area contributed by atoms with Gasteiger partial charge in [-0.1, -0.05) is 0 Å². The highest BCUT2D eigenvalue weighted by Crippen LogP contribution is 2.23. The summed E-state index contributed by atoms with van der Waals surface area (Å²) in [6, 6.07) is 0. The number of likely N-dealkylation sites (tertiary alicyclic amines) is 1. The first kappa shape index (κ1) is 16.2. The fourth-order valence-corrected chi connectivity index (χ4v) is 2.62. The van der Waals surface area contributed by atoms with E-state index in [1.807, 2.05) is 13.2 Å². The Labute approximate surface area is 129 Å². The van der Waals surface area contributed by atoms with Crippen molar-refractivity contribution in [1.29, 1.82) is 0 Å². The van der Waals surface area contributed by atoms with E-state index in [1.54, 1.807) is 36.0 Å². The standard InChI is InChI=1S/C15H22N4O3/c1-16-14(20)6-12-9-19(10-13(12)22-3)15(21)5-4-11-7-17-18(2)8-11/h4-5,7-8,12-13H,6,9-10H2,1-3H3,(H,16,20)/b5-4+/t12-,13-/m0/s1. The topological polar surface area (TPSA) is 76.5 Å². The van der Waals surface area contributed by atoms with Gasteiger partial charge in [0, 0.05) is 64.5 Å². The highest BCUT2D eigenvalue weighted by Gasteiger charge is 2.35. The van der Waals surface area contributed by atoms with Crippen molar-refractivity contribution >= 4 is 17.9 Å². The van der Waals surface area contributed by atoms with Crippen LogP contribution < -0.4 is 5.32 Å². The molecule has 2 atom stereocenters. The first-order valence-electron chi connectivity index (χ1n) is 7.22. The van der Waals surface area contributed by atoms with Gasteiger partial charge < -0.3 is 15.0 Å². The van der Waals surface area contributed by atoms with Gasteiger partial charge in [0.25, 0.3) is 0 Å². The Morgan fingerprint density at radius 2 is 2.27 bits per heavy atom. The lowest BCUT2D eigenvalue weighted by atomic mass is 10.0. The van der Waals surface area contributed by atoms with E-state index in [9.17, 15) is 9.59 Å². The van der Waals surface area contributed by atoms with Gasteiger partial charge in [-0.15, -0.1) is 0 Å². The van der Waals surface area contributed by atoms with Crippen LogP contribution in [0.5, 0.6) is 0 Å². The van der Waals surface area contributed by atoms with Crippen LogP contribution in [0, 0.1) is 5.92 Å². The fraction of sp³-hybridized carbons (Fsp3) is 0.533. The van der Waals surface area contributed by atoms with E-state index in [0.29, 0.717) is 19.5 Å². The van der Waals surface area contributed by atoms with Crippen molar-refractivity contribution in [2.75, 3.05) is 27.2 Å². The molecule has 0 bridgehead atoms. The third-order valence-electron chi connectivity index (χ3n) is 3.87. The van der Waals surface area contributed by atoms with Crippen molar-refractivity contribution in [3.05, 3.63) is 24.0 Å². The summed E-state index contributed by atoms with van der Waals surface area (Å²) in [6.45, 7) is 1.04. The number of amides is 2. The normalized spacial score (nSPS) is 21.5. The quantitative estimate of drug-likeness (QED) is 0.780. The number of rotatable bonds is 5. The summed E-state index contributed by atoms with van der Waals surface area (Å²) in [7, 11) is 5.05. The third kappa shape index (κ3) is 3.94. The van der Waals surface area contributed by atoms with Crippen LogP contribution in [-0.4, -0.2) is 59.8 Å². The fourth-order valence-electron chi connectivity index (χ4n) is 2.62. The van der Waals surface area contributed by atoms with Crippen LogP contribution in [0.15, 0.2) is 18.5 Å². The SMILES string of the molecule is CNC(=O)C[C@H]1CN(C(=O)/C=C/c2cnn(C)c2)C[C@@H]1OC. The zero-order valence-corrected chi connectivity index (χ0v) is 13.2. The highest BCUT2D eigenvalue weighted by molar-refractivity contribution is 5.92. The summed E-state index contributed by atoms with van der Waals surface area (Å²) in [5.74, 6) is -0.0850. The number of nitrogens with zero attached hydrogens (tertiary/aromatic N) is 3. The Balaban J connectivity index is 1.96. The van der Waals surface area contributed by atoms with Gasteiger partial charge in [-0.2, -0.15) is 5.10 Å². The minimum absolute atomic E-state index is 0.0284. The van der Waals surface area contributed by atoms with Gasteiger partial charge in [0.05, 0.1) is 12.3 Å². The molecule has 0 unspecified atom stereocenters. The van der Waals surface area contributed by atoms with Crippen LogP contribution in [0.25, 0.3) is 6.08 Å². The summed E-state index contributed by atoms with van der Waals surface area (Å²) in [5, 5.41) is 6.66. The minimum atomic E-state index is -0.104. The molecule has 1 saturated heterocycles. The lowest BCUT2D eigenvalue weighted by molar-refractivity contribution is -0.126. The number of hydrogen-bond donors (Lipinski definition) is 1. The second kappa shape index (κ2) is 7.22. The maximum atomic E-state index is 12.2. The molecule has 2 heterocycles. The van der Waals surface area contributed by atoms with Crippen LogP contribution >= 0.6 is 0 Å². The van der Waals surface area contributed by atoms with Gasteiger partial charge in [-0.3, -0.25) is 14.3 Å². The number of ether oxygens (including phenoxy) is 1. The predicted octanol–water partition coefficient (Wildman–Crippen LogP) is 0.0428. The van der Waals surface area contributed by atoms with Gasteiger partial charge in [-0.05, 0) is 6.08 Å². The second-order valence-electron chi connectivity index (χ2n) is 5.44. The average molecular weight is 306 g/mol. The van der Waals surface area contributed by atoms with Crippen LogP contribution in [-0.2, 0) is 21.4 Å². The van der Waals surface area contributed by atoms with Crippen molar-refractivity contribution in [2.24, 2.45) is 13.0 Å². The zero-order valence-electron chi connectivity index (χ0n) is 13.2. The largest absolute Gasteiger partial charge is 0.379 e. The van der Waals surface area contributed by atoms with Crippen molar-refractivity contribution in [1.82, 2.24) is 20.0 Å². The molecular weight excluding hydrogens is 284 g/mol. The van der Waals surface area contributed by atoms with Crippen molar-refractivity contribution < 1.29 is 14.3 Å². The van der Waals surface area contributed by atoms with Gasteiger partial charge in [-0.25, -0.2) is 0 Å². The predicted molar refractivity (Wildman–Crippen MR) is 81.8 cm³/mol. The molecule has 0 aromatic carbocycles. The van der Waals surface area contributed by atoms with E-state index < -0.39 is 0 Å². The van der Waals surface area contributed by atoms with Gasteiger partial charge in [0.15, 0.2) is 0 Å². The highest BCUT2D eigenvalue weighted by atomic mass is 16.5.